The topological polar surface area (TPSA) is 93.1 Å². The minimum absolute atomic E-state index is 0.0692. The summed E-state index contributed by atoms with van der Waals surface area (Å²) in [6, 6.07) is 0.240. The molecule has 0 aromatic rings. The number of thioether (sulfide) groups is 1. The van der Waals surface area contributed by atoms with Crippen LogP contribution >= 0.6 is 11.8 Å². The van der Waals surface area contributed by atoms with Gasteiger partial charge in [-0.1, -0.05) is 0 Å². The molecule has 4 rings (SSSR count). The van der Waals surface area contributed by atoms with Crippen molar-refractivity contribution in [1.82, 2.24) is 15.1 Å². The van der Waals surface area contributed by atoms with E-state index in [1.165, 1.54) is 17.7 Å². The highest BCUT2D eigenvalue weighted by atomic mass is 32.2. The summed E-state index contributed by atoms with van der Waals surface area (Å²) in [6.07, 6.45) is 4.49. The van der Waals surface area contributed by atoms with E-state index in [-0.39, 0.29) is 17.6 Å². The van der Waals surface area contributed by atoms with Crippen LogP contribution in [-0.4, -0.2) is 86.8 Å². The molecule has 3 fully saturated rings. The lowest BCUT2D eigenvalue weighted by molar-refractivity contribution is -0.162. The number of piperidine rings is 1. The second kappa shape index (κ2) is 7.31. The van der Waals surface area contributed by atoms with E-state index in [4.69, 9.17) is 0 Å². The first kappa shape index (κ1) is 20.2. The number of carboxylic acids is 1. The molecule has 0 aromatic heterocycles. The van der Waals surface area contributed by atoms with Crippen LogP contribution in [0.25, 0.3) is 0 Å². The zero-order valence-electron chi connectivity index (χ0n) is 16.8. The number of nitrogens with one attached hydrogen (secondary N) is 1. The van der Waals surface area contributed by atoms with Crippen LogP contribution in [0.2, 0.25) is 0 Å². The molecule has 8 heteroatoms. The third-order valence-electron chi connectivity index (χ3n) is 7.03. The zero-order valence-corrected chi connectivity index (χ0v) is 17.6. The van der Waals surface area contributed by atoms with Crippen LogP contribution < -0.4 is 5.32 Å². The van der Waals surface area contributed by atoms with Crippen molar-refractivity contribution in [3.63, 3.8) is 0 Å². The van der Waals surface area contributed by atoms with Crippen molar-refractivity contribution in [2.45, 2.75) is 61.3 Å². The molecule has 4 aliphatic heterocycles. The Balaban J connectivity index is 1.46. The summed E-state index contributed by atoms with van der Waals surface area (Å²) >= 11 is 1.78. The van der Waals surface area contributed by atoms with Gasteiger partial charge in [0.05, 0.1) is 22.8 Å². The molecule has 6 atom stereocenters. The molecule has 4 aliphatic rings. The van der Waals surface area contributed by atoms with Gasteiger partial charge in [0, 0.05) is 17.8 Å². The van der Waals surface area contributed by atoms with Crippen LogP contribution in [0.5, 0.6) is 0 Å². The van der Waals surface area contributed by atoms with E-state index >= 15 is 0 Å². The van der Waals surface area contributed by atoms with Gasteiger partial charge in [-0.3, -0.25) is 4.79 Å². The minimum atomic E-state index is -1.07. The Bertz CT molecular complexity index is 691. The molecule has 0 bridgehead atoms. The highest BCUT2D eigenvalue weighted by molar-refractivity contribution is 8.01. The second-order valence-electron chi connectivity index (χ2n) is 9.07. The molecule has 4 heterocycles. The Morgan fingerprint density at radius 3 is 2.68 bits per heavy atom. The van der Waals surface area contributed by atoms with Gasteiger partial charge in [0.2, 0.25) is 5.91 Å². The van der Waals surface area contributed by atoms with E-state index in [0.717, 1.165) is 26.1 Å². The summed E-state index contributed by atoms with van der Waals surface area (Å²) in [7, 11) is 2.18. The molecule has 7 nitrogen and oxygen atoms in total. The smallest absolute Gasteiger partial charge is 0.352 e. The average molecular weight is 410 g/mol. The molecule has 3 saturated heterocycles. The molecule has 3 N–H and O–H groups in total. The lowest BCUT2D eigenvalue weighted by Crippen LogP contribution is -2.67. The van der Waals surface area contributed by atoms with Gasteiger partial charge >= 0.3 is 5.97 Å². The molecule has 156 valence electrons. The number of aliphatic hydroxyl groups is 1. The third-order valence-corrected chi connectivity index (χ3v) is 8.59. The Morgan fingerprint density at radius 2 is 2.07 bits per heavy atom. The van der Waals surface area contributed by atoms with Crippen molar-refractivity contribution in [2.75, 3.05) is 26.7 Å². The van der Waals surface area contributed by atoms with Gasteiger partial charge in [-0.2, -0.15) is 0 Å². The van der Waals surface area contributed by atoms with Crippen LogP contribution in [0.4, 0.5) is 0 Å². The van der Waals surface area contributed by atoms with Gasteiger partial charge in [0.1, 0.15) is 5.70 Å². The maximum Gasteiger partial charge on any atom is 0.352 e. The van der Waals surface area contributed by atoms with Gasteiger partial charge in [-0.25, -0.2) is 4.79 Å². The highest BCUT2D eigenvalue weighted by Gasteiger charge is 2.63. The fraction of sp³-hybridized carbons (Fsp3) is 0.800. The van der Waals surface area contributed by atoms with E-state index in [0.29, 0.717) is 17.2 Å². The largest absolute Gasteiger partial charge is 0.477 e. The first-order valence-corrected chi connectivity index (χ1v) is 11.2. The molecule has 0 spiro atoms. The number of hydrogen-bond acceptors (Lipinski definition) is 6. The summed E-state index contributed by atoms with van der Waals surface area (Å²) in [5, 5.41) is 23.7. The van der Waals surface area contributed by atoms with E-state index in [1.807, 2.05) is 6.92 Å². The van der Waals surface area contributed by atoms with E-state index in [2.05, 4.69) is 17.3 Å². The van der Waals surface area contributed by atoms with Crippen LogP contribution in [0.15, 0.2) is 11.8 Å². The van der Waals surface area contributed by atoms with Crippen molar-refractivity contribution in [3.8, 4) is 0 Å². The van der Waals surface area contributed by atoms with Crippen LogP contribution in [0.3, 0.4) is 0 Å². The molecular formula is C20H31N3O4S. The summed E-state index contributed by atoms with van der Waals surface area (Å²) in [4.78, 5) is 27.9. The van der Waals surface area contributed by atoms with Crippen molar-refractivity contribution < 1.29 is 19.8 Å². The number of likely N-dealkylation sites (tertiary alicyclic amines) is 1. The second-order valence-corrected chi connectivity index (χ2v) is 10.9. The van der Waals surface area contributed by atoms with Crippen molar-refractivity contribution in [1.29, 1.82) is 0 Å². The first-order chi connectivity index (χ1) is 13.2. The fourth-order valence-electron chi connectivity index (χ4n) is 5.53. The normalized spacial score (nSPS) is 40.2. The van der Waals surface area contributed by atoms with Crippen LogP contribution in [0.1, 0.15) is 33.1 Å². The molecular weight excluding hydrogens is 378 g/mol. The van der Waals surface area contributed by atoms with Crippen LogP contribution in [0, 0.1) is 11.8 Å². The van der Waals surface area contributed by atoms with Gasteiger partial charge in [-0.05, 0) is 65.2 Å². The highest BCUT2D eigenvalue weighted by Crippen LogP contribution is 2.53. The number of β-lactam (4-membered cyclic amide) rings is 1. The van der Waals surface area contributed by atoms with Crippen molar-refractivity contribution >= 4 is 23.6 Å². The van der Waals surface area contributed by atoms with Gasteiger partial charge in [0.25, 0.3) is 0 Å². The molecule has 28 heavy (non-hydrogen) atoms. The summed E-state index contributed by atoms with van der Waals surface area (Å²) in [5.41, 5.74) is 0.0692. The zero-order chi connectivity index (χ0) is 20.2. The number of aliphatic carboxylic acids is 1. The number of carbonyl (C=O) groups is 2. The quantitative estimate of drug-likeness (QED) is 0.577. The maximum atomic E-state index is 12.4. The Hall–Kier alpha value is -1.09. The monoisotopic (exact) mass is 409 g/mol. The number of carboxylic acid groups (broad SMARTS) is 1. The summed E-state index contributed by atoms with van der Waals surface area (Å²) in [5.74, 6) is -1.16. The van der Waals surface area contributed by atoms with E-state index in [9.17, 15) is 19.8 Å². The Morgan fingerprint density at radius 1 is 1.39 bits per heavy atom. The average Bonchev–Trinajstić information content (AvgIpc) is 3.16. The summed E-state index contributed by atoms with van der Waals surface area (Å²) in [6.45, 7) is 6.86. The van der Waals surface area contributed by atoms with E-state index in [1.54, 1.807) is 24.8 Å². The van der Waals surface area contributed by atoms with E-state index < -0.39 is 22.7 Å². The van der Waals surface area contributed by atoms with Gasteiger partial charge in [-0.15, -0.1) is 11.8 Å². The lowest BCUT2D eigenvalue weighted by Gasteiger charge is -2.50. The number of amides is 1. The molecule has 0 radical (unpaired) electrons. The fourth-order valence-corrected chi connectivity index (χ4v) is 7.30. The molecule has 0 unspecified atom stereocenters. The molecule has 0 saturated carbocycles. The number of rotatable bonds is 5. The van der Waals surface area contributed by atoms with Gasteiger partial charge < -0.3 is 25.3 Å². The number of carbonyl (C=O) groups excluding carboxylic acids is 1. The van der Waals surface area contributed by atoms with Crippen molar-refractivity contribution in [3.05, 3.63) is 11.8 Å². The standard InChI is InChI=1S/C20H31N3O4S/c1-11(24)16-17-20(2,9-15(19(26)27)23(17)18(16)25)28-13-8-14(21-10-13)12-4-6-22(3)7-5-12/h9,11-14,16-17,21,24H,4-8,10H2,1-3H3,(H,26,27)/t11-,13+,14+,16-,17+,20-/m1/s1. The SMILES string of the molecule is C[C@@H](O)[C@H]1C(=O)N2C(C(=O)O)=C[C@@](C)(S[C@@H]3CN[C@H](C4CCN(C)CC4)C3)[C@H]12. The van der Waals surface area contributed by atoms with Crippen LogP contribution in [-0.2, 0) is 9.59 Å². The Labute approximate surface area is 170 Å². The molecule has 0 aliphatic carbocycles. The number of hydrogen-bond donors (Lipinski definition) is 3. The van der Waals surface area contributed by atoms with Gasteiger partial charge in [0.15, 0.2) is 0 Å². The minimum Gasteiger partial charge on any atom is -0.477 e. The predicted molar refractivity (Wildman–Crippen MR) is 108 cm³/mol. The molecule has 0 aromatic carbocycles. The van der Waals surface area contributed by atoms with Crippen molar-refractivity contribution in [2.24, 2.45) is 11.8 Å². The lowest BCUT2D eigenvalue weighted by atomic mass is 9.78. The third kappa shape index (κ3) is 3.28. The number of fused-ring (bicyclic) bond motifs is 1. The number of aliphatic hydroxyl groups excluding tert-OH is 1. The molecule has 1 amide bonds. The maximum absolute atomic E-state index is 12.4. The number of nitrogens with zero attached hydrogens (tertiary/aromatic N) is 2. The predicted octanol–water partition coefficient (Wildman–Crippen LogP) is 0.741. The summed E-state index contributed by atoms with van der Waals surface area (Å²) < 4.78 is -0.489. The first-order valence-electron chi connectivity index (χ1n) is 10.3. The Kier molecular flexibility index (Phi) is 5.27.